The number of hydrogen-bond acceptors (Lipinski definition) is 4. The molecule has 1 aliphatic rings. The van der Waals surface area contributed by atoms with Crippen molar-refractivity contribution in [2.75, 3.05) is 6.61 Å². The Bertz CT molecular complexity index is 834. The van der Waals surface area contributed by atoms with Crippen molar-refractivity contribution in [3.05, 3.63) is 34.6 Å². The van der Waals surface area contributed by atoms with Crippen molar-refractivity contribution in [3.63, 3.8) is 0 Å². The van der Waals surface area contributed by atoms with E-state index < -0.39 is 12.0 Å². The van der Waals surface area contributed by atoms with Crippen LogP contribution in [0.3, 0.4) is 0 Å². The van der Waals surface area contributed by atoms with E-state index in [1.165, 1.54) is 0 Å². The Balaban J connectivity index is 2.00. The molecule has 1 aromatic heterocycles. The van der Waals surface area contributed by atoms with Crippen molar-refractivity contribution in [2.24, 2.45) is 0 Å². The zero-order valence-electron chi connectivity index (χ0n) is 13.7. The maximum absolute atomic E-state index is 12.7. The molecule has 2 N–H and O–H groups in total. The summed E-state index contributed by atoms with van der Waals surface area (Å²) < 4.78 is 8.46. The fraction of sp³-hybridized carbons (Fsp3) is 0.312. The number of nitrogens with one attached hydrogen (secondary N) is 1. The lowest BCUT2D eigenvalue weighted by Crippen LogP contribution is -2.49. The van der Waals surface area contributed by atoms with Gasteiger partial charge in [-0.25, -0.2) is 20.2 Å². The molecule has 0 bridgehead atoms. The largest absolute Gasteiger partial charge is 0.491 e. The Morgan fingerprint density at radius 2 is 2.20 bits per heavy atom. The number of carbonyl (C=O) groups excluding carboxylic acids is 1. The van der Waals surface area contributed by atoms with E-state index in [0.717, 1.165) is 15.0 Å². The first-order valence-electron chi connectivity index (χ1n) is 7.70. The molecule has 0 atom stereocenters. The number of benzene rings is 1. The average Bonchev–Trinajstić information content (AvgIpc) is 2.88. The summed E-state index contributed by atoms with van der Waals surface area (Å²) in [5, 5.41) is 9.98. The van der Waals surface area contributed by atoms with E-state index in [9.17, 15) is 9.59 Å². The van der Waals surface area contributed by atoms with Crippen LogP contribution in [0.25, 0.3) is 11.4 Å². The lowest BCUT2D eigenvalue weighted by Gasteiger charge is -2.24. The van der Waals surface area contributed by atoms with Crippen LogP contribution in [0.5, 0.6) is 5.75 Å². The van der Waals surface area contributed by atoms with Crippen molar-refractivity contribution in [1.29, 1.82) is 0 Å². The van der Waals surface area contributed by atoms with Gasteiger partial charge in [-0.1, -0.05) is 15.9 Å². The highest BCUT2D eigenvalue weighted by Gasteiger charge is 2.26. The van der Waals surface area contributed by atoms with Crippen LogP contribution >= 0.6 is 15.9 Å². The first-order valence-corrected chi connectivity index (χ1v) is 8.49. The predicted molar refractivity (Wildman–Crippen MR) is 93.3 cm³/mol. The van der Waals surface area contributed by atoms with Crippen molar-refractivity contribution >= 4 is 27.9 Å². The third-order valence-electron chi connectivity index (χ3n) is 3.72. The molecule has 0 unspecified atom stereocenters. The van der Waals surface area contributed by atoms with Crippen LogP contribution in [0.15, 0.2) is 28.9 Å². The monoisotopic (exact) mass is 408 g/mol. The second-order valence-corrected chi connectivity index (χ2v) is 6.73. The number of hydrazine groups is 1. The number of aromatic nitrogens is 2. The number of hydrogen-bond donors (Lipinski definition) is 2. The number of carboxylic acid groups (broad SMARTS) is 1. The van der Waals surface area contributed by atoms with Crippen LogP contribution in [0.1, 0.15) is 24.3 Å². The van der Waals surface area contributed by atoms with Crippen molar-refractivity contribution in [3.8, 4) is 17.1 Å². The van der Waals surface area contributed by atoms with Crippen molar-refractivity contribution in [1.82, 2.24) is 20.0 Å². The Hall–Kier alpha value is -2.55. The molecule has 132 valence electrons. The van der Waals surface area contributed by atoms with Gasteiger partial charge in [-0.2, -0.15) is 0 Å². The molecule has 1 aliphatic heterocycles. The molecule has 1 aromatic carbocycles. The summed E-state index contributed by atoms with van der Waals surface area (Å²) in [4.78, 5) is 28.0. The summed E-state index contributed by atoms with van der Waals surface area (Å²) in [7, 11) is 0. The highest BCUT2D eigenvalue weighted by Crippen LogP contribution is 2.34. The first-order chi connectivity index (χ1) is 11.9. The van der Waals surface area contributed by atoms with E-state index in [0.29, 0.717) is 24.7 Å². The predicted octanol–water partition coefficient (Wildman–Crippen LogP) is 2.74. The van der Waals surface area contributed by atoms with Gasteiger partial charge in [-0.05, 0) is 32.0 Å². The highest BCUT2D eigenvalue weighted by molar-refractivity contribution is 9.10. The molecule has 0 saturated heterocycles. The van der Waals surface area contributed by atoms with E-state index in [-0.39, 0.29) is 11.7 Å². The molecular weight excluding hydrogens is 392 g/mol. The third-order valence-corrected chi connectivity index (χ3v) is 4.21. The minimum absolute atomic E-state index is 0.174. The molecule has 2 amide bonds. The molecule has 0 fully saturated rings. The molecule has 0 radical (unpaired) electrons. The third kappa shape index (κ3) is 3.46. The van der Waals surface area contributed by atoms with Gasteiger partial charge in [0, 0.05) is 16.7 Å². The summed E-state index contributed by atoms with van der Waals surface area (Å²) in [6, 6.07) is 5.25. The zero-order chi connectivity index (χ0) is 18.1. The maximum Gasteiger partial charge on any atom is 0.423 e. The Morgan fingerprint density at radius 3 is 2.88 bits per heavy atom. The maximum atomic E-state index is 12.7. The number of imidazole rings is 1. The lowest BCUT2D eigenvalue weighted by atomic mass is 10.2. The molecule has 0 saturated carbocycles. The Labute approximate surface area is 152 Å². The second kappa shape index (κ2) is 6.75. The normalized spacial score (nSPS) is 12.6. The number of amides is 2. The smallest absolute Gasteiger partial charge is 0.423 e. The molecule has 3 rings (SSSR count). The van der Waals surface area contributed by atoms with Gasteiger partial charge in [0.1, 0.15) is 23.9 Å². The number of rotatable bonds is 2. The number of fused-ring (bicyclic) bond motifs is 3. The Kier molecular flexibility index (Phi) is 4.67. The molecule has 2 aromatic rings. The van der Waals surface area contributed by atoms with Crippen LogP contribution < -0.4 is 10.2 Å². The van der Waals surface area contributed by atoms with Gasteiger partial charge >= 0.3 is 6.09 Å². The number of ether oxygens (including phenoxy) is 1. The number of nitrogens with zero attached hydrogens (tertiary/aromatic N) is 3. The Morgan fingerprint density at radius 1 is 1.44 bits per heavy atom. The van der Waals surface area contributed by atoms with E-state index in [1.54, 1.807) is 20.0 Å². The standard InChI is InChI=1S/C16H17BrN4O4/c1-9(2)21(19-16(23)24)15(22)12-8-20-5-6-25-13-7-10(17)3-4-11(13)14(20)18-12/h3-4,7-9,19H,5-6H2,1-2H3,(H,23,24). The molecular formula is C16H17BrN4O4. The van der Waals surface area contributed by atoms with Gasteiger partial charge in [0.05, 0.1) is 12.1 Å². The summed E-state index contributed by atoms with van der Waals surface area (Å²) in [6.45, 7) is 4.42. The highest BCUT2D eigenvalue weighted by atomic mass is 79.9. The fourth-order valence-corrected chi connectivity index (χ4v) is 2.94. The van der Waals surface area contributed by atoms with Crippen LogP contribution in [0.2, 0.25) is 0 Å². The summed E-state index contributed by atoms with van der Waals surface area (Å²) >= 11 is 3.41. The molecule has 0 aliphatic carbocycles. The fourth-order valence-electron chi connectivity index (χ4n) is 2.60. The zero-order valence-corrected chi connectivity index (χ0v) is 15.3. The summed E-state index contributed by atoms with van der Waals surface area (Å²) in [5.41, 5.74) is 3.07. The topological polar surface area (TPSA) is 96.7 Å². The first kappa shape index (κ1) is 17.3. The van der Waals surface area contributed by atoms with E-state index in [2.05, 4.69) is 26.3 Å². The molecule has 0 spiro atoms. The van der Waals surface area contributed by atoms with Gasteiger partial charge in [0.25, 0.3) is 5.91 Å². The van der Waals surface area contributed by atoms with Crippen LogP contribution in [-0.2, 0) is 6.54 Å². The lowest BCUT2D eigenvalue weighted by molar-refractivity contribution is 0.0570. The van der Waals surface area contributed by atoms with Gasteiger partial charge in [0.15, 0.2) is 0 Å². The number of carbonyl (C=O) groups is 2. The molecule has 9 heteroatoms. The van der Waals surface area contributed by atoms with Crippen molar-refractivity contribution in [2.45, 2.75) is 26.4 Å². The number of halogens is 1. The minimum Gasteiger partial charge on any atom is -0.491 e. The quantitative estimate of drug-likeness (QED) is 0.744. The van der Waals surface area contributed by atoms with E-state index in [1.807, 2.05) is 22.8 Å². The molecule has 8 nitrogen and oxygen atoms in total. The SMILES string of the molecule is CC(C)N(NC(=O)O)C(=O)c1cn2c(n1)-c1ccc(Br)cc1OCC2. The van der Waals surface area contributed by atoms with Crippen LogP contribution in [-0.4, -0.2) is 44.3 Å². The van der Waals surface area contributed by atoms with Crippen LogP contribution in [0, 0.1) is 0 Å². The van der Waals surface area contributed by atoms with Crippen molar-refractivity contribution < 1.29 is 19.4 Å². The summed E-state index contributed by atoms with van der Waals surface area (Å²) in [5.74, 6) is 0.794. The molecule has 2 heterocycles. The minimum atomic E-state index is -1.30. The van der Waals surface area contributed by atoms with Gasteiger partial charge in [-0.15, -0.1) is 0 Å². The van der Waals surface area contributed by atoms with E-state index in [4.69, 9.17) is 9.84 Å². The summed E-state index contributed by atoms with van der Waals surface area (Å²) in [6.07, 6.45) is 0.322. The van der Waals surface area contributed by atoms with E-state index >= 15 is 0 Å². The van der Waals surface area contributed by atoms with Gasteiger partial charge < -0.3 is 14.4 Å². The van der Waals surface area contributed by atoms with Gasteiger partial charge in [0.2, 0.25) is 0 Å². The molecule has 25 heavy (non-hydrogen) atoms. The van der Waals surface area contributed by atoms with Gasteiger partial charge in [-0.3, -0.25) is 4.79 Å². The van der Waals surface area contributed by atoms with Crippen LogP contribution in [0.4, 0.5) is 4.79 Å². The average molecular weight is 409 g/mol. The second-order valence-electron chi connectivity index (χ2n) is 5.82.